The number of aryl methyl sites for hydroxylation is 1. The molecule has 0 fully saturated rings. The SMILES string of the molecule is CCc1cc(SC)cc(SC)c1. The van der Waals surface area contributed by atoms with Crippen LogP contribution in [-0.4, -0.2) is 12.5 Å². The van der Waals surface area contributed by atoms with Crippen molar-refractivity contribution in [2.45, 2.75) is 23.1 Å². The molecule has 0 atom stereocenters. The Morgan fingerprint density at radius 1 is 1.00 bits per heavy atom. The van der Waals surface area contributed by atoms with Crippen molar-refractivity contribution in [1.82, 2.24) is 0 Å². The van der Waals surface area contributed by atoms with E-state index in [4.69, 9.17) is 0 Å². The average Bonchev–Trinajstić information content (AvgIpc) is 2.16. The summed E-state index contributed by atoms with van der Waals surface area (Å²) in [7, 11) is 0. The van der Waals surface area contributed by atoms with Crippen molar-refractivity contribution in [3.05, 3.63) is 23.8 Å². The summed E-state index contributed by atoms with van der Waals surface area (Å²) in [5, 5.41) is 0. The van der Waals surface area contributed by atoms with E-state index in [2.05, 4.69) is 37.6 Å². The van der Waals surface area contributed by atoms with Crippen LogP contribution in [0.1, 0.15) is 12.5 Å². The normalized spacial score (nSPS) is 10.2. The van der Waals surface area contributed by atoms with Crippen LogP contribution in [0.2, 0.25) is 0 Å². The third kappa shape index (κ3) is 2.46. The van der Waals surface area contributed by atoms with Crippen molar-refractivity contribution < 1.29 is 0 Å². The zero-order valence-electron chi connectivity index (χ0n) is 7.76. The van der Waals surface area contributed by atoms with E-state index in [1.807, 2.05) is 23.5 Å². The molecule has 0 spiro atoms. The van der Waals surface area contributed by atoms with E-state index < -0.39 is 0 Å². The summed E-state index contributed by atoms with van der Waals surface area (Å²) >= 11 is 3.63. The standard InChI is InChI=1S/C10H14S2/c1-4-8-5-9(11-2)7-10(6-8)12-3/h5-7H,4H2,1-3H3. The Morgan fingerprint density at radius 2 is 1.50 bits per heavy atom. The van der Waals surface area contributed by atoms with Gasteiger partial charge < -0.3 is 0 Å². The molecule has 66 valence electrons. The molecule has 0 bridgehead atoms. The van der Waals surface area contributed by atoms with Gasteiger partial charge in [0, 0.05) is 9.79 Å². The maximum atomic E-state index is 2.27. The maximum absolute atomic E-state index is 2.27. The first-order valence-corrected chi connectivity index (χ1v) is 6.47. The summed E-state index contributed by atoms with van der Waals surface area (Å²) < 4.78 is 0. The molecule has 0 nitrogen and oxygen atoms in total. The predicted molar refractivity (Wildman–Crippen MR) is 59.4 cm³/mol. The lowest BCUT2D eigenvalue weighted by molar-refractivity contribution is 1.10. The third-order valence-electron chi connectivity index (χ3n) is 1.82. The fourth-order valence-electron chi connectivity index (χ4n) is 1.07. The van der Waals surface area contributed by atoms with Gasteiger partial charge in [-0.25, -0.2) is 0 Å². The predicted octanol–water partition coefficient (Wildman–Crippen LogP) is 3.69. The first-order valence-electron chi connectivity index (χ1n) is 4.02. The summed E-state index contributed by atoms with van der Waals surface area (Å²) in [4.78, 5) is 2.75. The van der Waals surface area contributed by atoms with Crippen molar-refractivity contribution in [1.29, 1.82) is 0 Å². The second-order valence-electron chi connectivity index (χ2n) is 2.57. The molecular weight excluding hydrogens is 184 g/mol. The molecule has 1 aromatic carbocycles. The molecule has 2 heteroatoms. The first-order chi connectivity index (χ1) is 5.80. The lowest BCUT2D eigenvalue weighted by Gasteiger charge is -2.04. The monoisotopic (exact) mass is 198 g/mol. The van der Waals surface area contributed by atoms with E-state index in [1.165, 1.54) is 15.4 Å². The Balaban J connectivity index is 3.01. The summed E-state index contributed by atoms with van der Waals surface area (Å²) in [5.74, 6) is 0. The first kappa shape index (κ1) is 10.0. The summed E-state index contributed by atoms with van der Waals surface area (Å²) in [6.45, 7) is 2.20. The Bertz CT molecular complexity index is 201. The number of benzene rings is 1. The maximum Gasteiger partial charge on any atom is 0.00830 e. The van der Waals surface area contributed by atoms with Gasteiger partial charge in [0.05, 0.1) is 0 Å². The highest BCUT2D eigenvalue weighted by Gasteiger charge is 1.97. The van der Waals surface area contributed by atoms with E-state index in [0.717, 1.165) is 6.42 Å². The van der Waals surface area contributed by atoms with E-state index in [-0.39, 0.29) is 0 Å². The number of thioether (sulfide) groups is 2. The van der Waals surface area contributed by atoms with Crippen LogP contribution in [0.25, 0.3) is 0 Å². The van der Waals surface area contributed by atoms with Crippen LogP contribution in [0.15, 0.2) is 28.0 Å². The van der Waals surface area contributed by atoms with Gasteiger partial charge >= 0.3 is 0 Å². The van der Waals surface area contributed by atoms with Crippen LogP contribution in [-0.2, 0) is 6.42 Å². The quantitative estimate of drug-likeness (QED) is 0.679. The average molecular weight is 198 g/mol. The van der Waals surface area contributed by atoms with Crippen molar-refractivity contribution in [2.75, 3.05) is 12.5 Å². The Hall–Kier alpha value is -0.0800. The Morgan fingerprint density at radius 3 is 1.83 bits per heavy atom. The lowest BCUT2D eigenvalue weighted by Crippen LogP contribution is -1.82. The molecule has 0 unspecified atom stereocenters. The van der Waals surface area contributed by atoms with Gasteiger partial charge in [0.2, 0.25) is 0 Å². The van der Waals surface area contributed by atoms with Crippen molar-refractivity contribution in [3.8, 4) is 0 Å². The highest BCUT2D eigenvalue weighted by atomic mass is 32.2. The van der Waals surface area contributed by atoms with Crippen LogP contribution in [0.4, 0.5) is 0 Å². The van der Waals surface area contributed by atoms with Crippen LogP contribution >= 0.6 is 23.5 Å². The molecule has 1 rings (SSSR count). The Kier molecular flexibility index (Phi) is 4.02. The minimum Gasteiger partial charge on any atom is -0.130 e. The lowest BCUT2D eigenvalue weighted by atomic mass is 10.2. The van der Waals surface area contributed by atoms with E-state index in [0.29, 0.717) is 0 Å². The second-order valence-corrected chi connectivity index (χ2v) is 4.33. The van der Waals surface area contributed by atoms with Gasteiger partial charge in [0.15, 0.2) is 0 Å². The summed E-state index contributed by atoms with van der Waals surface area (Å²) in [6, 6.07) is 6.78. The molecule has 0 saturated carbocycles. The second kappa shape index (κ2) is 4.83. The highest BCUT2D eigenvalue weighted by Crippen LogP contribution is 2.24. The third-order valence-corrected chi connectivity index (χ3v) is 3.23. The fraction of sp³-hybridized carbons (Fsp3) is 0.400. The fourth-order valence-corrected chi connectivity index (χ4v) is 2.17. The highest BCUT2D eigenvalue weighted by molar-refractivity contribution is 7.99. The van der Waals surface area contributed by atoms with Crippen molar-refractivity contribution >= 4 is 23.5 Å². The molecule has 0 aliphatic rings. The van der Waals surface area contributed by atoms with Crippen molar-refractivity contribution in [3.63, 3.8) is 0 Å². The molecule has 1 aromatic rings. The van der Waals surface area contributed by atoms with Crippen LogP contribution in [0.3, 0.4) is 0 Å². The van der Waals surface area contributed by atoms with Gasteiger partial charge in [-0.3, -0.25) is 0 Å². The molecule has 0 aliphatic carbocycles. The largest absolute Gasteiger partial charge is 0.130 e. The van der Waals surface area contributed by atoms with Gasteiger partial charge in [-0.05, 0) is 42.7 Å². The Labute approximate surface area is 83.1 Å². The summed E-state index contributed by atoms with van der Waals surface area (Å²) in [6.07, 6.45) is 5.37. The minimum absolute atomic E-state index is 1.13. The van der Waals surface area contributed by atoms with Gasteiger partial charge in [0.25, 0.3) is 0 Å². The number of rotatable bonds is 3. The zero-order chi connectivity index (χ0) is 8.97. The van der Waals surface area contributed by atoms with E-state index >= 15 is 0 Å². The van der Waals surface area contributed by atoms with Crippen LogP contribution in [0.5, 0.6) is 0 Å². The van der Waals surface area contributed by atoms with Gasteiger partial charge in [-0.15, -0.1) is 23.5 Å². The van der Waals surface area contributed by atoms with Crippen LogP contribution in [0, 0.1) is 0 Å². The molecule has 0 saturated heterocycles. The molecular formula is C10H14S2. The van der Waals surface area contributed by atoms with Crippen LogP contribution < -0.4 is 0 Å². The van der Waals surface area contributed by atoms with E-state index in [1.54, 1.807) is 0 Å². The van der Waals surface area contributed by atoms with Crippen molar-refractivity contribution in [2.24, 2.45) is 0 Å². The topological polar surface area (TPSA) is 0 Å². The molecule has 0 aliphatic heterocycles. The molecule has 0 radical (unpaired) electrons. The molecule has 0 amide bonds. The molecule has 0 aromatic heterocycles. The zero-order valence-corrected chi connectivity index (χ0v) is 9.39. The number of hydrogen-bond donors (Lipinski definition) is 0. The van der Waals surface area contributed by atoms with Gasteiger partial charge in [-0.1, -0.05) is 6.92 Å². The number of hydrogen-bond acceptors (Lipinski definition) is 2. The minimum atomic E-state index is 1.13. The van der Waals surface area contributed by atoms with E-state index in [9.17, 15) is 0 Å². The molecule has 12 heavy (non-hydrogen) atoms. The molecule has 0 N–H and O–H groups in total. The van der Waals surface area contributed by atoms with Gasteiger partial charge in [0.1, 0.15) is 0 Å². The molecule has 0 heterocycles. The smallest absolute Gasteiger partial charge is 0.00830 e. The summed E-state index contributed by atoms with van der Waals surface area (Å²) in [5.41, 5.74) is 1.44. The van der Waals surface area contributed by atoms with Gasteiger partial charge in [-0.2, -0.15) is 0 Å².